The van der Waals surface area contributed by atoms with Gasteiger partial charge in [0.1, 0.15) is 0 Å². The maximum atomic E-state index is 5.44. The van der Waals surface area contributed by atoms with Gasteiger partial charge in [-0.2, -0.15) is 0 Å². The lowest BCUT2D eigenvalue weighted by Gasteiger charge is -2.18. The molecule has 2 atom stereocenters. The minimum atomic E-state index is 0.810. The molecule has 0 spiro atoms. The molecule has 2 nitrogen and oxygen atoms in total. The monoisotopic (exact) mass is 169 g/mol. The highest BCUT2D eigenvalue weighted by atomic mass is 16.5. The van der Waals surface area contributed by atoms with E-state index in [9.17, 15) is 0 Å². The highest BCUT2D eigenvalue weighted by Crippen LogP contribution is 2.29. The van der Waals surface area contributed by atoms with Crippen molar-refractivity contribution in [2.45, 2.75) is 13.8 Å². The van der Waals surface area contributed by atoms with Crippen LogP contribution in [0.3, 0.4) is 0 Å². The molecule has 0 radical (unpaired) electrons. The van der Waals surface area contributed by atoms with Gasteiger partial charge in [-0.15, -0.1) is 0 Å². The Bertz CT molecular complexity index is 146. The molecule has 2 unspecified atom stereocenters. The molecule has 0 aromatic rings. The van der Waals surface area contributed by atoms with Crippen molar-refractivity contribution in [1.29, 1.82) is 0 Å². The third kappa shape index (κ3) is 1.64. The predicted molar refractivity (Wildman–Crippen MR) is 49.1 cm³/mol. The zero-order valence-electron chi connectivity index (χ0n) is 8.12. The Labute approximate surface area is 74.9 Å². The highest BCUT2D eigenvalue weighted by molar-refractivity contribution is 4.87. The van der Waals surface area contributed by atoms with E-state index < -0.39 is 0 Å². The van der Waals surface area contributed by atoms with Gasteiger partial charge in [-0.25, -0.2) is 0 Å². The fourth-order valence-electron chi connectivity index (χ4n) is 2.45. The molecular weight excluding hydrogens is 150 g/mol. The number of rotatable bonds is 2. The summed E-state index contributed by atoms with van der Waals surface area (Å²) < 4.78 is 5.44. The van der Waals surface area contributed by atoms with Crippen molar-refractivity contribution in [3.63, 3.8) is 0 Å². The van der Waals surface area contributed by atoms with Gasteiger partial charge in [0.15, 0.2) is 0 Å². The number of fused-ring (bicyclic) bond motifs is 1. The smallest absolute Gasteiger partial charge is 0.0510 e. The minimum Gasteiger partial charge on any atom is -0.381 e. The molecule has 2 aliphatic heterocycles. The Hall–Kier alpha value is -0.0800. The van der Waals surface area contributed by atoms with Gasteiger partial charge in [0.25, 0.3) is 0 Å². The second-order valence-corrected chi connectivity index (χ2v) is 4.67. The highest BCUT2D eigenvalue weighted by Gasteiger charge is 2.36. The maximum absolute atomic E-state index is 5.44. The van der Waals surface area contributed by atoms with Gasteiger partial charge in [0, 0.05) is 31.5 Å². The van der Waals surface area contributed by atoms with Gasteiger partial charge in [-0.1, -0.05) is 13.8 Å². The van der Waals surface area contributed by atoms with E-state index in [1.54, 1.807) is 0 Å². The predicted octanol–water partition coefficient (Wildman–Crippen LogP) is 1.22. The molecule has 2 saturated heterocycles. The van der Waals surface area contributed by atoms with Gasteiger partial charge in [0.05, 0.1) is 13.2 Å². The summed E-state index contributed by atoms with van der Waals surface area (Å²) in [6.07, 6.45) is 0. The summed E-state index contributed by atoms with van der Waals surface area (Å²) in [5.41, 5.74) is 0. The summed E-state index contributed by atoms with van der Waals surface area (Å²) in [6.45, 7) is 10.5. The molecule has 0 amide bonds. The third-order valence-electron chi connectivity index (χ3n) is 2.94. The molecule has 2 fully saturated rings. The summed E-state index contributed by atoms with van der Waals surface area (Å²) in [6, 6.07) is 0. The maximum Gasteiger partial charge on any atom is 0.0510 e. The van der Waals surface area contributed by atoms with Crippen molar-refractivity contribution in [3.8, 4) is 0 Å². The molecule has 2 aliphatic rings. The van der Waals surface area contributed by atoms with E-state index in [-0.39, 0.29) is 0 Å². The van der Waals surface area contributed by atoms with E-state index in [1.165, 1.54) is 19.6 Å². The van der Waals surface area contributed by atoms with Gasteiger partial charge >= 0.3 is 0 Å². The molecule has 2 heterocycles. The molecule has 0 saturated carbocycles. The van der Waals surface area contributed by atoms with Crippen LogP contribution in [0.2, 0.25) is 0 Å². The van der Waals surface area contributed by atoms with Crippen molar-refractivity contribution >= 4 is 0 Å². The lowest BCUT2D eigenvalue weighted by atomic mass is 10.0. The molecule has 0 bridgehead atoms. The Balaban J connectivity index is 1.82. The molecule has 0 aliphatic carbocycles. The van der Waals surface area contributed by atoms with E-state index in [0.717, 1.165) is 31.0 Å². The summed E-state index contributed by atoms with van der Waals surface area (Å²) in [7, 11) is 0. The van der Waals surface area contributed by atoms with Crippen LogP contribution >= 0.6 is 0 Å². The second-order valence-electron chi connectivity index (χ2n) is 4.67. The molecule has 0 aromatic carbocycles. The molecule has 2 rings (SSSR count). The van der Waals surface area contributed by atoms with E-state index in [0.29, 0.717) is 0 Å². The summed E-state index contributed by atoms with van der Waals surface area (Å²) in [5.74, 6) is 2.51. The van der Waals surface area contributed by atoms with Crippen LogP contribution in [-0.2, 0) is 4.74 Å². The summed E-state index contributed by atoms with van der Waals surface area (Å²) in [5, 5.41) is 0. The van der Waals surface area contributed by atoms with E-state index in [2.05, 4.69) is 18.7 Å². The zero-order chi connectivity index (χ0) is 8.55. The van der Waals surface area contributed by atoms with Gasteiger partial charge in [0.2, 0.25) is 0 Å². The Morgan fingerprint density at radius 3 is 2.33 bits per heavy atom. The molecule has 12 heavy (non-hydrogen) atoms. The second kappa shape index (κ2) is 3.35. The standard InChI is InChI=1S/C10H19NO/c1-8(2)3-11-4-9-6-12-7-10(9)5-11/h8-10H,3-7H2,1-2H3. The SMILES string of the molecule is CC(C)CN1CC2COCC2C1. The number of hydrogen-bond donors (Lipinski definition) is 0. The van der Waals surface area contributed by atoms with Crippen LogP contribution in [0.4, 0.5) is 0 Å². The van der Waals surface area contributed by atoms with Crippen LogP contribution in [-0.4, -0.2) is 37.7 Å². The Morgan fingerprint density at radius 2 is 1.83 bits per heavy atom. The van der Waals surface area contributed by atoms with Crippen molar-refractivity contribution in [3.05, 3.63) is 0 Å². The van der Waals surface area contributed by atoms with Crippen LogP contribution in [0.1, 0.15) is 13.8 Å². The third-order valence-corrected chi connectivity index (χ3v) is 2.94. The van der Waals surface area contributed by atoms with Crippen LogP contribution in [0.25, 0.3) is 0 Å². The Kier molecular flexibility index (Phi) is 2.37. The van der Waals surface area contributed by atoms with Gasteiger partial charge in [-0.05, 0) is 5.92 Å². The molecule has 0 N–H and O–H groups in total. The topological polar surface area (TPSA) is 12.5 Å². The molecule has 2 heteroatoms. The quantitative estimate of drug-likeness (QED) is 0.616. The number of hydrogen-bond acceptors (Lipinski definition) is 2. The average Bonchev–Trinajstić information content (AvgIpc) is 2.43. The first-order chi connectivity index (χ1) is 5.75. The van der Waals surface area contributed by atoms with E-state index in [1.807, 2.05) is 0 Å². The number of ether oxygens (including phenoxy) is 1. The molecule has 70 valence electrons. The zero-order valence-corrected chi connectivity index (χ0v) is 8.12. The fraction of sp³-hybridized carbons (Fsp3) is 1.00. The fourth-order valence-corrected chi connectivity index (χ4v) is 2.45. The first-order valence-corrected chi connectivity index (χ1v) is 5.06. The van der Waals surface area contributed by atoms with Crippen LogP contribution in [0.5, 0.6) is 0 Å². The molecule has 0 aromatic heterocycles. The largest absolute Gasteiger partial charge is 0.381 e. The minimum absolute atomic E-state index is 0.810. The summed E-state index contributed by atoms with van der Waals surface area (Å²) in [4.78, 5) is 2.60. The van der Waals surface area contributed by atoms with E-state index >= 15 is 0 Å². The molecular formula is C10H19NO. The first-order valence-electron chi connectivity index (χ1n) is 5.06. The van der Waals surface area contributed by atoms with Crippen LogP contribution in [0.15, 0.2) is 0 Å². The normalized spacial score (nSPS) is 36.2. The lowest BCUT2D eigenvalue weighted by Crippen LogP contribution is -2.26. The number of likely N-dealkylation sites (tertiary alicyclic amines) is 1. The lowest BCUT2D eigenvalue weighted by molar-refractivity contribution is 0.151. The van der Waals surface area contributed by atoms with Crippen molar-refractivity contribution < 1.29 is 4.74 Å². The Morgan fingerprint density at radius 1 is 1.25 bits per heavy atom. The first kappa shape index (κ1) is 8.52. The van der Waals surface area contributed by atoms with Crippen molar-refractivity contribution in [2.75, 3.05) is 32.8 Å². The van der Waals surface area contributed by atoms with Crippen LogP contribution in [0, 0.1) is 17.8 Å². The summed E-state index contributed by atoms with van der Waals surface area (Å²) >= 11 is 0. The number of nitrogens with zero attached hydrogens (tertiary/aromatic N) is 1. The van der Waals surface area contributed by atoms with Crippen molar-refractivity contribution in [1.82, 2.24) is 4.90 Å². The van der Waals surface area contributed by atoms with Gasteiger partial charge in [-0.3, -0.25) is 0 Å². The average molecular weight is 169 g/mol. The van der Waals surface area contributed by atoms with Crippen molar-refractivity contribution in [2.24, 2.45) is 17.8 Å². The van der Waals surface area contributed by atoms with E-state index in [4.69, 9.17) is 4.74 Å². The van der Waals surface area contributed by atoms with Gasteiger partial charge < -0.3 is 9.64 Å². The van der Waals surface area contributed by atoms with Crippen LogP contribution < -0.4 is 0 Å².